The molecule has 0 amide bonds. The van der Waals surface area contributed by atoms with Crippen LogP contribution < -0.4 is 10.3 Å². The number of pyridine rings is 1. The molecule has 3 aromatic heterocycles. The Kier molecular flexibility index (Phi) is 2.28. The van der Waals surface area contributed by atoms with Crippen molar-refractivity contribution in [3.63, 3.8) is 0 Å². The molecule has 0 bridgehead atoms. The van der Waals surface area contributed by atoms with Gasteiger partial charge in [0.2, 0.25) is 0 Å². The summed E-state index contributed by atoms with van der Waals surface area (Å²) in [5.41, 5.74) is 3.76. The molecule has 0 aliphatic carbocycles. The molecule has 0 atom stereocenters. The van der Waals surface area contributed by atoms with E-state index in [1.807, 2.05) is 12.1 Å². The Morgan fingerprint density at radius 2 is 2.05 bits per heavy atom. The standard InChI is InChI=1S/C14H9N3O2S/c1-19-8-2-5-11-16-9-3-4-10-13(20-7-15-10)12(9)14(18)17(11)6-8/h2-7H,1H3. The summed E-state index contributed by atoms with van der Waals surface area (Å²) in [6, 6.07) is 7.29. The van der Waals surface area contributed by atoms with Crippen LogP contribution in [0.1, 0.15) is 0 Å². The van der Waals surface area contributed by atoms with Gasteiger partial charge in [-0.05, 0) is 24.3 Å². The maximum atomic E-state index is 12.7. The van der Waals surface area contributed by atoms with E-state index in [9.17, 15) is 4.79 Å². The van der Waals surface area contributed by atoms with Gasteiger partial charge < -0.3 is 4.74 Å². The Labute approximate surface area is 117 Å². The lowest BCUT2D eigenvalue weighted by Gasteiger charge is -2.05. The van der Waals surface area contributed by atoms with Gasteiger partial charge in [-0.3, -0.25) is 9.20 Å². The molecule has 6 heteroatoms. The van der Waals surface area contributed by atoms with E-state index in [1.165, 1.54) is 15.7 Å². The van der Waals surface area contributed by atoms with Crippen molar-refractivity contribution in [3.8, 4) is 5.75 Å². The third-order valence-corrected chi connectivity index (χ3v) is 4.14. The average Bonchev–Trinajstić information content (AvgIpc) is 2.95. The van der Waals surface area contributed by atoms with Gasteiger partial charge in [-0.2, -0.15) is 0 Å². The average molecular weight is 283 g/mol. The van der Waals surface area contributed by atoms with Gasteiger partial charge in [-0.25, -0.2) is 9.97 Å². The van der Waals surface area contributed by atoms with Crippen LogP contribution in [0.2, 0.25) is 0 Å². The SMILES string of the molecule is COc1ccc2nc3ccc4ncsc4c3c(=O)n2c1. The minimum Gasteiger partial charge on any atom is -0.495 e. The molecule has 3 heterocycles. The topological polar surface area (TPSA) is 56.5 Å². The third-order valence-electron chi connectivity index (χ3n) is 3.28. The van der Waals surface area contributed by atoms with Crippen molar-refractivity contribution in [2.24, 2.45) is 0 Å². The van der Waals surface area contributed by atoms with Gasteiger partial charge in [0.1, 0.15) is 11.4 Å². The molecule has 5 nitrogen and oxygen atoms in total. The number of rotatable bonds is 1. The van der Waals surface area contributed by atoms with Crippen LogP contribution in [0.3, 0.4) is 0 Å². The Morgan fingerprint density at radius 1 is 1.20 bits per heavy atom. The molecular weight excluding hydrogens is 274 g/mol. The fourth-order valence-corrected chi connectivity index (χ4v) is 3.13. The molecule has 0 saturated heterocycles. The van der Waals surface area contributed by atoms with Gasteiger partial charge in [0, 0.05) is 0 Å². The number of hydrogen-bond donors (Lipinski definition) is 0. The van der Waals surface area contributed by atoms with E-state index < -0.39 is 0 Å². The second-order valence-corrected chi connectivity index (χ2v) is 5.23. The molecule has 1 aromatic carbocycles. The number of ether oxygens (including phenoxy) is 1. The monoisotopic (exact) mass is 283 g/mol. The number of thiazole rings is 1. The second-order valence-electron chi connectivity index (χ2n) is 4.37. The Morgan fingerprint density at radius 3 is 2.90 bits per heavy atom. The number of fused-ring (bicyclic) bond motifs is 4. The number of benzene rings is 1. The second kappa shape index (κ2) is 4.01. The normalized spacial score (nSPS) is 11.4. The van der Waals surface area contributed by atoms with Crippen LogP contribution in [-0.2, 0) is 0 Å². The van der Waals surface area contributed by atoms with E-state index in [0.29, 0.717) is 22.3 Å². The first-order valence-electron chi connectivity index (χ1n) is 6.00. The highest BCUT2D eigenvalue weighted by atomic mass is 32.1. The van der Waals surface area contributed by atoms with Crippen molar-refractivity contribution in [3.05, 3.63) is 46.3 Å². The summed E-state index contributed by atoms with van der Waals surface area (Å²) in [5, 5.41) is 0.607. The smallest absolute Gasteiger partial charge is 0.267 e. The van der Waals surface area contributed by atoms with Gasteiger partial charge >= 0.3 is 0 Å². The summed E-state index contributed by atoms with van der Waals surface area (Å²) < 4.78 is 7.55. The quantitative estimate of drug-likeness (QED) is 0.504. The van der Waals surface area contributed by atoms with Gasteiger partial charge in [0.05, 0.1) is 39.9 Å². The summed E-state index contributed by atoms with van der Waals surface area (Å²) >= 11 is 1.45. The first-order chi connectivity index (χ1) is 9.78. The molecule has 0 aliphatic heterocycles. The summed E-state index contributed by atoms with van der Waals surface area (Å²) in [5.74, 6) is 0.622. The van der Waals surface area contributed by atoms with Crippen LogP contribution in [0.25, 0.3) is 26.8 Å². The molecule has 0 saturated carbocycles. The summed E-state index contributed by atoms with van der Waals surface area (Å²) in [7, 11) is 1.57. The lowest BCUT2D eigenvalue weighted by molar-refractivity contribution is 0.412. The third kappa shape index (κ3) is 1.45. The van der Waals surface area contributed by atoms with E-state index in [2.05, 4.69) is 9.97 Å². The van der Waals surface area contributed by atoms with Gasteiger partial charge in [-0.1, -0.05) is 0 Å². The first-order valence-corrected chi connectivity index (χ1v) is 6.88. The molecule has 0 spiro atoms. The van der Waals surface area contributed by atoms with Crippen LogP contribution in [-0.4, -0.2) is 21.5 Å². The highest BCUT2D eigenvalue weighted by Crippen LogP contribution is 2.25. The molecule has 0 radical (unpaired) electrons. The van der Waals surface area contributed by atoms with Gasteiger partial charge in [-0.15, -0.1) is 11.3 Å². The zero-order valence-corrected chi connectivity index (χ0v) is 11.3. The van der Waals surface area contributed by atoms with Crippen molar-refractivity contribution in [2.75, 3.05) is 7.11 Å². The van der Waals surface area contributed by atoms with Crippen LogP contribution in [0.5, 0.6) is 5.75 Å². The molecule has 0 unspecified atom stereocenters. The zero-order chi connectivity index (χ0) is 13.7. The molecule has 0 fully saturated rings. The van der Waals surface area contributed by atoms with Crippen LogP contribution in [0, 0.1) is 0 Å². The highest BCUT2D eigenvalue weighted by molar-refractivity contribution is 7.17. The zero-order valence-electron chi connectivity index (χ0n) is 10.5. The number of nitrogens with zero attached hydrogens (tertiary/aromatic N) is 3. The summed E-state index contributed by atoms with van der Waals surface area (Å²) in [6.45, 7) is 0. The Balaban J connectivity index is 2.28. The van der Waals surface area contributed by atoms with Crippen molar-refractivity contribution < 1.29 is 4.74 Å². The maximum Gasteiger partial charge on any atom is 0.267 e. The lowest BCUT2D eigenvalue weighted by atomic mass is 10.2. The summed E-state index contributed by atoms with van der Waals surface area (Å²) in [4.78, 5) is 21.5. The molecule has 4 aromatic rings. The van der Waals surface area contributed by atoms with Crippen LogP contribution in [0.4, 0.5) is 0 Å². The molecule has 0 aliphatic rings. The maximum absolute atomic E-state index is 12.7. The van der Waals surface area contributed by atoms with E-state index in [1.54, 1.807) is 30.9 Å². The highest BCUT2D eigenvalue weighted by Gasteiger charge is 2.11. The molecule has 20 heavy (non-hydrogen) atoms. The predicted molar refractivity (Wildman–Crippen MR) is 78.7 cm³/mol. The molecule has 0 N–H and O–H groups in total. The number of hydrogen-bond acceptors (Lipinski definition) is 5. The first kappa shape index (κ1) is 11.4. The largest absolute Gasteiger partial charge is 0.495 e. The van der Waals surface area contributed by atoms with Crippen LogP contribution >= 0.6 is 11.3 Å². The van der Waals surface area contributed by atoms with E-state index >= 15 is 0 Å². The molecular formula is C14H9N3O2S. The molecule has 98 valence electrons. The van der Waals surface area contributed by atoms with Gasteiger partial charge in [0.15, 0.2) is 0 Å². The Bertz CT molecular complexity index is 1020. The number of methoxy groups -OCH3 is 1. The van der Waals surface area contributed by atoms with E-state index in [-0.39, 0.29) is 5.56 Å². The lowest BCUT2D eigenvalue weighted by Crippen LogP contribution is -2.15. The van der Waals surface area contributed by atoms with E-state index in [4.69, 9.17) is 4.74 Å². The Hall–Kier alpha value is -2.47. The predicted octanol–water partition coefficient (Wildman–Crippen LogP) is 2.47. The van der Waals surface area contributed by atoms with Crippen molar-refractivity contribution >= 4 is 38.1 Å². The van der Waals surface area contributed by atoms with Crippen molar-refractivity contribution in [1.29, 1.82) is 0 Å². The minimum atomic E-state index is -0.0984. The van der Waals surface area contributed by atoms with Crippen LogP contribution in [0.15, 0.2) is 40.8 Å². The minimum absolute atomic E-state index is 0.0984. The fraction of sp³-hybridized carbons (Fsp3) is 0.0714. The van der Waals surface area contributed by atoms with Crippen molar-refractivity contribution in [1.82, 2.24) is 14.4 Å². The summed E-state index contributed by atoms with van der Waals surface area (Å²) in [6.07, 6.45) is 1.66. The fourth-order valence-electron chi connectivity index (χ4n) is 2.31. The molecule has 4 rings (SSSR count). The van der Waals surface area contributed by atoms with E-state index in [0.717, 1.165) is 10.2 Å². The van der Waals surface area contributed by atoms with Gasteiger partial charge in [0.25, 0.3) is 5.56 Å². The van der Waals surface area contributed by atoms with Crippen molar-refractivity contribution in [2.45, 2.75) is 0 Å². The number of aromatic nitrogens is 3.